The molecule has 38 heavy (non-hydrogen) atoms. The van der Waals surface area contributed by atoms with Gasteiger partial charge in [0.1, 0.15) is 28.9 Å². The number of fused-ring (bicyclic) bond motifs is 2. The first-order chi connectivity index (χ1) is 18.2. The van der Waals surface area contributed by atoms with Gasteiger partial charge >= 0.3 is 0 Å². The van der Waals surface area contributed by atoms with Crippen molar-refractivity contribution in [2.75, 3.05) is 27.3 Å². The molecule has 3 aromatic heterocycles. The van der Waals surface area contributed by atoms with Gasteiger partial charge in [-0.2, -0.15) is 0 Å². The van der Waals surface area contributed by atoms with Gasteiger partial charge in [-0.3, -0.25) is 4.98 Å². The average Bonchev–Trinajstić information content (AvgIpc) is 3.60. The summed E-state index contributed by atoms with van der Waals surface area (Å²) in [4.78, 5) is 11.9. The lowest BCUT2D eigenvalue weighted by Crippen LogP contribution is -2.34. The van der Waals surface area contributed by atoms with Gasteiger partial charge in [0.2, 0.25) is 10.0 Å². The third kappa shape index (κ3) is 4.33. The van der Waals surface area contributed by atoms with E-state index < -0.39 is 34.2 Å². The number of nitrogens with zero attached hydrogens (tertiary/aromatic N) is 3. The number of halogens is 1. The molecule has 2 aliphatic rings. The molecular weight excluding hydrogens is 515 g/mol. The summed E-state index contributed by atoms with van der Waals surface area (Å²) in [6, 6.07) is 13.2. The number of aromatic amines is 1. The number of aromatic nitrogens is 3. The molecule has 5 heterocycles. The molecule has 0 saturated carbocycles. The van der Waals surface area contributed by atoms with E-state index in [4.69, 9.17) is 14.2 Å². The number of aliphatic hydroxyl groups is 1. The second-order valence-electron chi connectivity index (χ2n) is 9.45. The fraction of sp³-hybridized carbons (Fsp3) is 0.308. The van der Waals surface area contributed by atoms with Crippen LogP contribution in [-0.4, -0.2) is 84.5 Å². The first-order valence-corrected chi connectivity index (χ1v) is 13.4. The van der Waals surface area contributed by atoms with Crippen LogP contribution in [0.25, 0.3) is 33.5 Å². The van der Waals surface area contributed by atoms with Gasteiger partial charge < -0.3 is 24.3 Å². The summed E-state index contributed by atoms with van der Waals surface area (Å²) in [6.07, 6.45) is -0.520. The van der Waals surface area contributed by atoms with Crippen molar-refractivity contribution in [2.45, 2.75) is 29.3 Å². The van der Waals surface area contributed by atoms with E-state index >= 15 is 4.39 Å². The number of benzene rings is 1. The fourth-order valence-corrected chi connectivity index (χ4v) is 5.54. The van der Waals surface area contributed by atoms with E-state index in [-0.39, 0.29) is 29.9 Å². The van der Waals surface area contributed by atoms with Gasteiger partial charge in [-0.25, -0.2) is 22.1 Å². The summed E-state index contributed by atoms with van der Waals surface area (Å²) in [5.74, 6) is -0.0917. The van der Waals surface area contributed by atoms with Crippen molar-refractivity contribution in [1.82, 2.24) is 19.3 Å². The third-order valence-corrected chi connectivity index (χ3v) is 8.56. The summed E-state index contributed by atoms with van der Waals surface area (Å²) in [5.41, 5.74) is 3.10. The summed E-state index contributed by atoms with van der Waals surface area (Å²) in [5, 5.41) is 9.91. The fourth-order valence-electron chi connectivity index (χ4n) is 4.69. The van der Waals surface area contributed by atoms with E-state index in [1.165, 1.54) is 32.4 Å². The standard InChI is InChI=1S/C26H25FN4O6S/c1-31(2)38(33,34)16-7-8-18(28-11-16)14-3-5-15(6-4-14)24-17(27)9-19-20(30-24)10-23(29-19)37-22-13-36-25-21(32)12-35-26(22)25/h3-11,21-22,25-26,29,32H,12-13H2,1-2H3/t21-,22-,25-,26-/m1/s1. The Morgan fingerprint density at radius 3 is 2.50 bits per heavy atom. The minimum Gasteiger partial charge on any atom is -0.470 e. The van der Waals surface area contributed by atoms with Gasteiger partial charge in [0.05, 0.1) is 29.9 Å². The van der Waals surface area contributed by atoms with Gasteiger partial charge in [0, 0.05) is 43.6 Å². The van der Waals surface area contributed by atoms with Crippen molar-refractivity contribution in [3.05, 3.63) is 60.5 Å². The van der Waals surface area contributed by atoms with Crippen LogP contribution in [0.1, 0.15) is 0 Å². The molecule has 0 aliphatic carbocycles. The lowest BCUT2D eigenvalue weighted by atomic mass is 10.1. The highest BCUT2D eigenvalue weighted by Gasteiger charge is 2.48. The minimum atomic E-state index is -3.57. The molecule has 10 nitrogen and oxygen atoms in total. The molecule has 0 spiro atoms. The van der Waals surface area contributed by atoms with E-state index in [0.717, 1.165) is 9.87 Å². The minimum absolute atomic E-state index is 0.103. The topological polar surface area (TPSA) is 127 Å². The van der Waals surface area contributed by atoms with Crippen molar-refractivity contribution < 1.29 is 32.1 Å². The summed E-state index contributed by atoms with van der Waals surface area (Å²) >= 11 is 0. The predicted octanol–water partition coefficient (Wildman–Crippen LogP) is 2.59. The number of H-pyrrole nitrogens is 1. The third-order valence-electron chi connectivity index (χ3n) is 6.76. The Hall–Kier alpha value is -3.42. The Balaban J connectivity index is 1.22. The maximum Gasteiger partial charge on any atom is 0.244 e. The molecule has 0 unspecified atom stereocenters. The molecule has 12 heteroatoms. The number of sulfonamides is 1. The van der Waals surface area contributed by atoms with Crippen LogP contribution < -0.4 is 4.74 Å². The first kappa shape index (κ1) is 24.9. The number of hydrogen-bond donors (Lipinski definition) is 2. The molecule has 2 fully saturated rings. The smallest absolute Gasteiger partial charge is 0.244 e. The van der Waals surface area contributed by atoms with Gasteiger partial charge in [-0.1, -0.05) is 24.3 Å². The van der Waals surface area contributed by atoms with Crippen molar-refractivity contribution in [1.29, 1.82) is 0 Å². The zero-order valence-corrected chi connectivity index (χ0v) is 21.4. The number of rotatable bonds is 6. The van der Waals surface area contributed by atoms with Crippen molar-refractivity contribution in [3.63, 3.8) is 0 Å². The average molecular weight is 541 g/mol. The molecule has 4 aromatic rings. The Morgan fingerprint density at radius 2 is 1.79 bits per heavy atom. The zero-order chi connectivity index (χ0) is 26.6. The highest BCUT2D eigenvalue weighted by molar-refractivity contribution is 7.89. The number of hydrogen-bond acceptors (Lipinski definition) is 8. The molecule has 4 atom stereocenters. The van der Waals surface area contributed by atoms with E-state index in [1.807, 2.05) is 0 Å². The molecule has 1 aromatic carbocycles. The van der Waals surface area contributed by atoms with Crippen LogP contribution in [0.15, 0.2) is 59.6 Å². The second kappa shape index (κ2) is 9.40. The second-order valence-corrected chi connectivity index (χ2v) is 11.6. The summed E-state index contributed by atoms with van der Waals surface area (Å²) in [7, 11) is -0.642. The van der Waals surface area contributed by atoms with Gasteiger partial charge in [0.15, 0.2) is 17.8 Å². The molecule has 0 bridgehead atoms. The maximum absolute atomic E-state index is 15.0. The molecule has 2 N–H and O–H groups in total. The largest absolute Gasteiger partial charge is 0.470 e. The van der Waals surface area contributed by atoms with E-state index in [9.17, 15) is 13.5 Å². The molecule has 0 radical (unpaired) electrons. The molecule has 198 valence electrons. The van der Waals surface area contributed by atoms with E-state index in [0.29, 0.717) is 28.2 Å². The first-order valence-electron chi connectivity index (χ1n) is 12.0. The zero-order valence-electron chi connectivity index (χ0n) is 20.5. The number of aliphatic hydroxyl groups excluding tert-OH is 1. The SMILES string of the molecule is CN(C)S(=O)(=O)c1ccc(-c2ccc(-c3nc4cc(O[C@@H]5CO[C@H]6[C@@H]5OC[C@H]6O)[nH]c4cc3F)cc2)nc1. The summed E-state index contributed by atoms with van der Waals surface area (Å²) in [6.45, 7) is 0.487. The van der Waals surface area contributed by atoms with Gasteiger partial charge in [-0.15, -0.1) is 0 Å². The van der Waals surface area contributed by atoms with Crippen LogP contribution in [0.5, 0.6) is 5.88 Å². The van der Waals surface area contributed by atoms with Crippen LogP contribution in [0.4, 0.5) is 4.39 Å². The van der Waals surface area contributed by atoms with Crippen molar-refractivity contribution in [2.24, 2.45) is 0 Å². The molecular formula is C26H25FN4O6S. The van der Waals surface area contributed by atoms with Crippen LogP contribution in [0.2, 0.25) is 0 Å². The normalized spacial score (nSPS) is 23.3. The van der Waals surface area contributed by atoms with E-state index in [1.54, 1.807) is 36.4 Å². The highest BCUT2D eigenvalue weighted by atomic mass is 32.2. The van der Waals surface area contributed by atoms with Crippen LogP contribution >= 0.6 is 0 Å². The monoisotopic (exact) mass is 540 g/mol. The Labute approximate surface area is 218 Å². The van der Waals surface area contributed by atoms with Crippen molar-refractivity contribution in [3.8, 4) is 28.4 Å². The number of nitrogens with one attached hydrogen (secondary N) is 1. The highest BCUT2D eigenvalue weighted by Crippen LogP contribution is 2.32. The Morgan fingerprint density at radius 1 is 1.05 bits per heavy atom. The lowest BCUT2D eigenvalue weighted by Gasteiger charge is -2.16. The van der Waals surface area contributed by atoms with Gasteiger partial charge in [-0.05, 0) is 12.1 Å². The van der Waals surface area contributed by atoms with Crippen molar-refractivity contribution >= 4 is 21.1 Å². The molecule has 2 aliphatic heterocycles. The summed E-state index contributed by atoms with van der Waals surface area (Å²) < 4.78 is 57.8. The molecule has 6 rings (SSSR count). The predicted molar refractivity (Wildman–Crippen MR) is 135 cm³/mol. The lowest BCUT2D eigenvalue weighted by molar-refractivity contribution is 0.00794. The van der Waals surface area contributed by atoms with Crippen LogP contribution in [0.3, 0.4) is 0 Å². The quantitative estimate of drug-likeness (QED) is 0.382. The number of pyridine rings is 2. The van der Waals surface area contributed by atoms with Gasteiger partial charge in [0.25, 0.3) is 0 Å². The van der Waals surface area contributed by atoms with Crippen LogP contribution in [-0.2, 0) is 19.5 Å². The Kier molecular flexibility index (Phi) is 6.16. The molecule has 0 amide bonds. The maximum atomic E-state index is 15.0. The Bertz CT molecular complexity index is 1590. The number of ether oxygens (including phenoxy) is 3. The van der Waals surface area contributed by atoms with Crippen LogP contribution in [0, 0.1) is 5.82 Å². The molecule has 2 saturated heterocycles. The van der Waals surface area contributed by atoms with E-state index in [2.05, 4.69) is 15.0 Å².